The molecule has 0 aromatic heterocycles. The van der Waals surface area contributed by atoms with Crippen molar-refractivity contribution in [3.8, 4) is 0 Å². The maximum absolute atomic E-state index is 11.5. The lowest BCUT2D eigenvalue weighted by Crippen LogP contribution is -2.43. The van der Waals surface area contributed by atoms with Crippen LogP contribution in [0.3, 0.4) is 0 Å². The fourth-order valence-electron chi connectivity index (χ4n) is 1.19. The van der Waals surface area contributed by atoms with E-state index < -0.39 is 12.0 Å². The van der Waals surface area contributed by atoms with E-state index in [1.807, 2.05) is 20.8 Å². The fourth-order valence-corrected chi connectivity index (χ4v) is 1.19. The Morgan fingerprint density at radius 2 is 1.80 bits per heavy atom. The predicted molar refractivity (Wildman–Crippen MR) is 58.5 cm³/mol. The molecule has 4 heteroatoms. The van der Waals surface area contributed by atoms with Gasteiger partial charge in [-0.15, -0.1) is 0 Å². The van der Waals surface area contributed by atoms with E-state index in [1.54, 1.807) is 6.92 Å². The van der Waals surface area contributed by atoms with Crippen molar-refractivity contribution in [3.05, 3.63) is 0 Å². The van der Waals surface area contributed by atoms with Crippen LogP contribution >= 0.6 is 0 Å². The fraction of sp³-hybridized carbons (Fsp3) is 0.818. The number of carboxylic acid groups (broad SMARTS) is 1. The van der Waals surface area contributed by atoms with Gasteiger partial charge in [-0.05, 0) is 18.8 Å². The second-order valence-corrected chi connectivity index (χ2v) is 4.34. The van der Waals surface area contributed by atoms with Gasteiger partial charge in [-0.2, -0.15) is 0 Å². The molecule has 0 aromatic carbocycles. The third-order valence-electron chi connectivity index (χ3n) is 2.38. The average Bonchev–Trinajstić information content (AvgIpc) is 2.14. The molecule has 0 radical (unpaired) electrons. The van der Waals surface area contributed by atoms with E-state index in [0.717, 1.165) is 6.42 Å². The lowest BCUT2D eigenvalue weighted by molar-refractivity contribution is -0.142. The second kappa shape index (κ2) is 6.43. The van der Waals surface area contributed by atoms with Gasteiger partial charge in [-0.3, -0.25) is 4.79 Å². The summed E-state index contributed by atoms with van der Waals surface area (Å²) in [4.78, 5) is 22.4. The number of hydrogen-bond donors (Lipinski definition) is 2. The van der Waals surface area contributed by atoms with Crippen LogP contribution in [-0.2, 0) is 9.59 Å². The number of aliphatic carboxylic acids is 1. The van der Waals surface area contributed by atoms with E-state index in [9.17, 15) is 9.59 Å². The highest BCUT2D eigenvalue weighted by Gasteiger charge is 2.22. The first kappa shape index (κ1) is 13.9. The molecule has 0 aromatic rings. The van der Waals surface area contributed by atoms with Crippen LogP contribution in [0, 0.1) is 11.8 Å². The summed E-state index contributed by atoms with van der Waals surface area (Å²) in [7, 11) is 0. The molecule has 1 unspecified atom stereocenters. The topological polar surface area (TPSA) is 66.4 Å². The highest BCUT2D eigenvalue weighted by molar-refractivity contribution is 5.84. The van der Waals surface area contributed by atoms with Gasteiger partial charge in [0.15, 0.2) is 0 Å². The molecule has 0 aliphatic rings. The zero-order valence-corrected chi connectivity index (χ0v) is 9.91. The normalized spacial score (nSPS) is 14.7. The SMILES string of the molecule is CCC(C)C(=O)N[C@@H](CC(C)C)C(=O)O. The van der Waals surface area contributed by atoms with Crippen LogP contribution in [0.5, 0.6) is 0 Å². The summed E-state index contributed by atoms with van der Waals surface area (Å²) in [5, 5.41) is 11.5. The number of carboxylic acids is 1. The van der Waals surface area contributed by atoms with Crippen LogP contribution in [-0.4, -0.2) is 23.0 Å². The maximum atomic E-state index is 11.5. The molecule has 2 atom stereocenters. The third-order valence-corrected chi connectivity index (χ3v) is 2.38. The summed E-state index contributed by atoms with van der Waals surface area (Å²) >= 11 is 0. The Morgan fingerprint density at radius 1 is 1.27 bits per heavy atom. The minimum absolute atomic E-state index is 0.126. The van der Waals surface area contributed by atoms with Gasteiger partial charge in [0.1, 0.15) is 6.04 Å². The van der Waals surface area contributed by atoms with Gasteiger partial charge >= 0.3 is 5.97 Å². The molecule has 0 saturated heterocycles. The molecule has 0 bridgehead atoms. The molecule has 1 amide bonds. The Morgan fingerprint density at radius 3 is 2.13 bits per heavy atom. The maximum Gasteiger partial charge on any atom is 0.326 e. The number of nitrogens with one attached hydrogen (secondary N) is 1. The van der Waals surface area contributed by atoms with Crippen molar-refractivity contribution in [1.82, 2.24) is 5.32 Å². The predicted octanol–water partition coefficient (Wildman–Crippen LogP) is 1.65. The summed E-state index contributed by atoms with van der Waals surface area (Å²) in [6, 6.07) is -0.758. The van der Waals surface area contributed by atoms with Crippen LogP contribution in [0.4, 0.5) is 0 Å². The van der Waals surface area contributed by atoms with Crippen LogP contribution < -0.4 is 5.32 Å². The summed E-state index contributed by atoms with van der Waals surface area (Å²) in [6.07, 6.45) is 1.19. The molecule has 0 heterocycles. The number of amides is 1. The first-order valence-corrected chi connectivity index (χ1v) is 5.41. The smallest absolute Gasteiger partial charge is 0.326 e. The Bertz CT molecular complexity index is 226. The molecule has 2 N–H and O–H groups in total. The number of hydrogen-bond acceptors (Lipinski definition) is 2. The van der Waals surface area contributed by atoms with Crippen molar-refractivity contribution in [2.24, 2.45) is 11.8 Å². The Kier molecular flexibility index (Phi) is 5.97. The lowest BCUT2D eigenvalue weighted by atomic mass is 10.0. The Hall–Kier alpha value is -1.06. The van der Waals surface area contributed by atoms with Gasteiger partial charge in [0.05, 0.1) is 0 Å². The number of rotatable bonds is 6. The average molecular weight is 215 g/mol. The highest BCUT2D eigenvalue weighted by Crippen LogP contribution is 2.07. The van der Waals surface area contributed by atoms with Gasteiger partial charge < -0.3 is 10.4 Å². The first-order chi connectivity index (χ1) is 6.88. The molecule has 0 spiro atoms. The van der Waals surface area contributed by atoms with Crippen molar-refractivity contribution < 1.29 is 14.7 Å². The van der Waals surface area contributed by atoms with Gasteiger partial charge in [-0.1, -0.05) is 27.7 Å². The number of carbonyl (C=O) groups excluding carboxylic acids is 1. The Labute approximate surface area is 91.1 Å². The van der Waals surface area contributed by atoms with Crippen LogP contribution in [0.25, 0.3) is 0 Å². The van der Waals surface area contributed by atoms with Crippen molar-refractivity contribution >= 4 is 11.9 Å². The molecule has 0 fully saturated rings. The van der Waals surface area contributed by atoms with Gasteiger partial charge in [0, 0.05) is 5.92 Å². The van der Waals surface area contributed by atoms with Crippen molar-refractivity contribution in [2.75, 3.05) is 0 Å². The molecular weight excluding hydrogens is 194 g/mol. The third kappa shape index (κ3) is 5.40. The molecule has 0 rings (SSSR count). The van der Waals surface area contributed by atoms with Crippen molar-refractivity contribution in [1.29, 1.82) is 0 Å². The van der Waals surface area contributed by atoms with E-state index >= 15 is 0 Å². The van der Waals surface area contributed by atoms with Gasteiger partial charge in [-0.25, -0.2) is 4.79 Å². The minimum atomic E-state index is -0.958. The Balaban J connectivity index is 4.29. The number of carbonyl (C=O) groups is 2. The molecule has 0 saturated carbocycles. The standard InChI is InChI=1S/C11H21NO3/c1-5-8(4)10(13)12-9(11(14)15)6-7(2)3/h7-9H,5-6H2,1-4H3,(H,12,13)(H,14,15)/t8?,9-/m0/s1. The summed E-state index contributed by atoms with van der Waals surface area (Å²) < 4.78 is 0. The molecular formula is C11H21NO3. The van der Waals surface area contributed by atoms with E-state index in [-0.39, 0.29) is 17.7 Å². The van der Waals surface area contributed by atoms with E-state index in [4.69, 9.17) is 5.11 Å². The van der Waals surface area contributed by atoms with Crippen LogP contribution in [0.15, 0.2) is 0 Å². The lowest BCUT2D eigenvalue weighted by Gasteiger charge is -2.18. The van der Waals surface area contributed by atoms with E-state index in [1.165, 1.54) is 0 Å². The first-order valence-electron chi connectivity index (χ1n) is 5.41. The van der Waals surface area contributed by atoms with E-state index in [0.29, 0.717) is 6.42 Å². The quantitative estimate of drug-likeness (QED) is 0.708. The summed E-state index contributed by atoms with van der Waals surface area (Å²) in [6.45, 7) is 7.57. The monoisotopic (exact) mass is 215 g/mol. The zero-order chi connectivity index (χ0) is 12.0. The van der Waals surface area contributed by atoms with Crippen LogP contribution in [0.1, 0.15) is 40.5 Å². The molecule has 0 aliphatic heterocycles. The molecule has 4 nitrogen and oxygen atoms in total. The molecule has 0 aliphatic carbocycles. The molecule has 15 heavy (non-hydrogen) atoms. The van der Waals surface area contributed by atoms with Crippen molar-refractivity contribution in [3.63, 3.8) is 0 Å². The van der Waals surface area contributed by atoms with Gasteiger partial charge in [0.2, 0.25) is 5.91 Å². The van der Waals surface area contributed by atoms with Gasteiger partial charge in [0.25, 0.3) is 0 Å². The highest BCUT2D eigenvalue weighted by atomic mass is 16.4. The summed E-state index contributed by atoms with van der Waals surface area (Å²) in [5.41, 5.74) is 0. The van der Waals surface area contributed by atoms with E-state index in [2.05, 4.69) is 5.32 Å². The molecule has 88 valence electrons. The second-order valence-electron chi connectivity index (χ2n) is 4.34. The largest absolute Gasteiger partial charge is 0.480 e. The summed E-state index contributed by atoms with van der Waals surface area (Å²) in [5.74, 6) is -1.01. The van der Waals surface area contributed by atoms with Crippen LogP contribution in [0.2, 0.25) is 0 Å². The zero-order valence-electron chi connectivity index (χ0n) is 9.91. The minimum Gasteiger partial charge on any atom is -0.480 e. The van der Waals surface area contributed by atoms with Crippen molar-refractivity contribution in [2.45, 2.75) is 46.6 Å².